The minimum Gasteiger partial charge on any atom is -0.462 e. The summed E-state index contributed by atoms with van der Waals surface area (Å²) in [7, 11) is 0. The van der Waals surface area contributed by atoms with Gasteiger partial charge in [-0.25, -0.2) is 9.48 Å². The Hall–Kier alpha value is -3.69. The van der Waals surface area contributed by atoms with Crippen LogP contribution in [-0.2, 0) is 10.9 Å². The zero-order valence-corrected chi connectivity index (χ0v) is 16.0. The van der Waals surface area contributed by atoms with Crippen molar-refractivity contribution >= 4 is 17.6 Å². The minimum absolute atomic E-state index is 0.0118. The molecule has 2 aromatic heterocycles. The molecule has 0 atom stereocenters. The lowest BCUT2D eigenvalue weighted by atomic mass is 10.2. The number of pyridine rings is 1. The van der Waals surface area contributed by atoms with Gasteiger partial charge in [-0.05, 0) is 44.2 Å². The molecule has 10 heteroatoms. The normalized spacial score (nSPS) is 11.2. The molecule has 156 valence electrons. The average Bonchev–Trinajstić information content (AvgIpc) is 3.15. The standard InChI is InChI=1S/C20H17F3N4O3/c1-3-30-19(29)16-11-25-27(17(16)20(21,22)23)15-6-4-5-14(9-15)26-18(28)13-8-7-12(2)24-10-13/h4-11H,3H2,1-2H3,(H,26,28). The van der Waals surface area contributed by atoms with Gasteiger partial charge in [0, 0.05) is 17.6 Å². The third kappa shape index (κ3) is 4.48. The lowest BCUT2D eigenvalue weighted by Crippen LogP contribution is -2.18. The van der Waals surface area contributed by atoms with Gasteiger partial charge in [-0.1, -0.05) is 6.07 Å². The molecule has 30 heavy (non-hydrogen) atoms. The molecule has 0 aliphatic rings. The third-order valence-corrected chi connectivity index (χ3v) is 4.06. The van der Waals surface area contributed by atoms with Crippen LogP contribution in [-0.4, -0.2) is 33.2 Å². The van der Waals surface area contributed by atoms with Crippen LogP contribution in [0.1, 0.15) is 39.0 Å². The fourth-order valence-electron chi connectivity index (χ4n) is 2.70. The van der Waals surface area contributed by atoms with Crippen molar-refractivity contribution in [1.82, 2.24) is 14.8 Å². The molecule has 0 aliphatic carbocycles. The van der Waals surface area contributed by atoms with Gasteiger partial charge >= 0.3 is 12.1 Å². The van der Waals surface area contributed by atoms with Crippen LogP contribution in [0.15, 0.2) is 48.8 Å². The van der Waals surface area contributed by atoms with E-state index in [1.807, 2.05) is 0 Å². The summed E-state index contributed by atoms with van der Waals surface area (Å²) in [4.78, 5) is 28.3. The number of alkyl halides is 3. The first-order valence-corrected chi connectivity index (χ1v) is 8.87. The number of rotatable bonds is 5. The minimum atomic E-state index is -4.86. The summed E-state index contributed by atoms with van der Waals surface area (Å²) in [6, 6.07) is 8.93. The smallest absolute Gasteiger partial charge is 0.434 e. The van der Waals surface area contributed by atoms with Crippen LogP contribution in [0.25, 0.3) is 5.69 Å². The van der Waals surface area contributed by atoms with Crippen LogP contribution < -0.4 is 5.32 Å². The highest BCUT2D eigenvalue weighted by Gasteiger charge is 2.41. The zero-order valence-electron chi connectivity index (χ0n) is 16.0. The predicted octanol–water partition coefficient (Wildman–Crippen LogP) is 4.02. The number of ether oxygens (including phenoxy) is 1. The summed E-state index contributed by atoms with van der Waals surface area (Å²) < 4.78 is 46.2. The van der Waals surface area contributed by atoms with Gasteiger partial charge in [0.25, 0.3) is 5.91 Å². The number of benzene rings is 1. The van der Waals surface area contributed by atoms with Crippen molar-refractivity contribution in [2.45, 2.75) is 20.0 Å². The third-order valence-electron chi connectivity index (χ3n) is 4.06. The summed E-state index contributed by atoms with van der Waals surface area (Å²) in [5.74, 6) is -1.59. The Kier molecular flexibility index (Phi) is 5.86. The number of nitrogens with zero attached hydrogens (tertiary/aromatic N) is 3. The Balaban J connectivity index is 1.95. The van der Waals surface area contributed by atoms with Crippen molar-refractivity contribution in [3.63, 3.8) is 0 Å². The van der Waals surface area contributed by atoms with E-state index in [4.69, 9.17) is 4.74 Å². The van der Waals surface area contributed by atoms with Crippen molar-refractivity contribution in [1.29, 1.82) is 0 Å². The lowest BCUT2D eigenvalue weighted by molar-refractivity contribution is -0.143. The highest BCUT2D eigenvalue weighted by molar-refractivity contribution is 6.04. The Morgan fingerprint density at radius 3 is 2.57 bits per heavy atom. The van der Waals surface area contributed by atoms with Crippen LogP contribution in [0.5, 0.6) is 0 Å². The largest absolute Gasteiger partial charge is 0.462 e. The Bertz CT molecular complexity index is 1080. The van der Waals surface area contributed by atoms with Crippen molar-refractivity contribution in [3.8, 4) is 5.69 Å². The molecule has 1 aromatic carbocycles. The lowest BCUT2D eigenvalue weighted by Gasteiger charge is -2.13. The summed E-state index contributed by atoms with van der Waals surface area (Å²) in [5, 5.41) is 6.32. The van der Waals surface area contributed by atoms with Gasteiger partial charge in [0.2, 0.25) is 0 Å². The maximum absolute atomic E-state index is 13.6. The van der Waals surface area contributed by atoms with Gasteiger partial charge in [-0.3, -0.25) is 9.78 Å². The summed E-state index contributed by atoms with van der Waals surface area (Å²) in [6.45, 7) is 3.19. The van der Waals surface area contributed by atoms with E-state index in [1.54, 1.807) is 19.1 Å². The molecule has 3 rings (SSSR count). The van der Waals surface area contributed by atoms with E-state index < -0.39 is 29.3 Å². The van der Waals surface area contributed by atoms with Crippen LogP contribution in [0, 0.1) is 6.92 Å². The first kappa shape index (κ1) is 21.0. The second-order valence-electron chi connectivity index (χ2n) is 6.23. The fraction of sp³-hybridized carbons (Fsp3) is 0.200. The molecule has 0 saturated carbocycles. The number of esters is 1. The molecule has 0 bridgehead atoms. The number of aryl methyl sites for hydroxylation is 1. The van der Waals surface area contributed by atoms with Crippen molar-refractivity contribution in [3.05, 3.63) is 71.3 Å². The van der Waals surface area contributed by atoms with Crippen LogP contribution in [0.3, 0.4) is 0 Å². The monoisotopic (exact) mass is 418 g/mol. The summed E-state index contributed by atoms with van der Waals surface area (Å²) in [5.41, 5.74) is -0.649. The first-order valence-electron chi connectivity index (χ1n) is 8.87. The number of amides is 1. The highest BCUT2D eigenvalue weighted by Crippen LogP contribution is 2.34. The Labute approximate surface area is 169 Å². The zero-order chi connectivity index (χ0) is 21.9. The molecule has 0 aliphatic heterocycles. The van der Waals surface area contributed by atoms with Crippen molar-refractivity contribution < 1.29 is 27.5 Å². The molecular formula is C20H17F3N4O3. The number of aromatic nitrogens is 3. The van der Waals surface area contributed by atoms with Gasteiger partial charge in [0.1, 0.15) is 5.56 Å². The molecule has 0 saturated heterocycles. The second-order valence-corrected chi connectivity index (χ2v) is 6.23. The summed E-state index contributed by atoms with van der Waals surface area (Å²) in [6.07, 6.45) is -2.65. The molecule has 3 aromatic rings. The van der Waals surface area contributed by atoms with Crippen LogP contribution in [0.4, 0.5) is 18.9 Å². The number of halogens is 3. The molecule has 2 heterocycles. The maximum Gasteiger partial charge on any atom is 0.434 e. The SMILES string of the molecule is CCOC(=O)c1cnn(-c2cccc(NC(=O)c3ccc(C)nc3)c2)c1C(F)(F)F. The number of hydrogen-bond donors (Lipinski definition) is 1. The van der Waals surface area contributed by atoms with Gasteiger partial charge in [-0.2, -0.15) is 18.3 Å². The number of hydrogen-bond acceptors (Lipinski definition) is 5. The van der Waals surface area contributed by atoms with E-state index >= 15 is 0 Å². The molecule has 7 nitrogen and oxygen atoms in total. The first-order chi connectivity index (χ1) is 14.2. The molecule has 0 spiro atoms. The quantitative estimate of drug-likeness (QED) is 0.633. The van der Waals surface area contributed by atoms with E-state index in [0.29, 0.717) is 10.2 Å². The van der Waals surface area contributed by atoms with E-state index in [9.17, 15) is 22.8 Å². The maximum atomic E-state index is 13.6. The highest BCUT2D eigenvalue weighted by atomic mass is 19.4. The molecular weight excluding hydrogens is 401 g/mol. The van der Waals surface area contributed by atoms with E-state index in [1.165, 1.54) is 37.4 Å². The average molecular weight is 418 g/mol. The van der Waals surface area contributed by atoms with Crippen molar-refractivity contribution in [2.24, 2.45) is 0 Å². The predicted molar refractivity (Wildman–Crippen MR) is 101 cm³/mol. The molecule has 0 fully saturated rings. The van der Waals surface area contributed by atoms with Gasteiger partial charge in [0.05, 0.1) is 24.1 Å². The number of carbonyl (C=O) groups is 2. The topological polar surface area (TPSA) is 86.1 Å². The number of carbonyl (C=O) groups excluding carboxylic acids is 2. The second kappa shape index (κ2) is 8.36. The fourth-order valence-corrected chi connectivity index (χ4v) is 2.70. The van der Waals surface area contributed by atoms with Gasteiger partial charge in [0.15, 0.2) is 5.69 Å². The van der Waals surface area contributed by atoms with Gasteiger partial charge in [-0.15, -0.1) is 0 Å². The van der Waals surface area contributed by atoms with E-state index in [0.717, 1.165) is 11.9 Å². The summed E-state index contributed by atoms with van der Waals surface area (Å²) >= 11 is 0. The number of nitrogens with one attached hydrogen (secondary N) is 1. The van der Waals surface area contributed by atoms with Crippen LogP contribution >= 0.6 is 0 Å². The molecule has 1 amide bonds. The van der Waals surface area contributed by atoms with E-state index in [-0.39, 0.29) is 18.0 Å². The van der Waals surface area contributed by atoms with Crippen LogP contribution in [0.2, 0.25) is 0 Å². The molecule has 1 N–H and O–H groups in total. The molecule has 0 unspecified atom stereocenters. The van der Waals surface area contributed by atoms with E-state index in [2.05, 4.69) is 15.4 Å². The van der Waals surface area contributed by atoms with Crippen molar-refractivity contribution in [2.75, 3.05) is 11.9 Å². The molecule has 0 radical (unpaired) electrons. The van der Waals surface area contributed by atoms with Gasteiger partial charge < -0.3 is 10.1 Å². The Morgan fingerprint density at radius 1 is 1.17 bits per heavy atom. The number of anilines is 1. The Morgan fingerprint density at radius 2 is 1.93 bits per heavy atom.